The predicted octanol–water partition coefficient (Wildman–Crippen LogP) is 1.89. The number of hydrogen-bond donors (Lipinski definition) is 1. The second-order valence-electron chi connectivity index (χ2n) is 5.13. The lowest BCUT2D eigenvalue weighted by Crippen LogP contribution is -2.30. The minimum atomic E-state index is 0.339. The van der Waals surface area contributed by atoms with Crippen LogP contribution in [0.25, 0.3) is 0 Å². The van der Waals surface area contributed by atoms with Crippen LogP contribution in [0.15, 0.2) is 6.20 Å². The number of pyridine rings is 1. The van der Waals surface area contributed by atoms with Crippen molar-refractivity contribution in [1.82, 2.24) is 10.3 Å². The maximum absolute atomic E-state index is 5.53. The predicted molar refractivity (Wildman–Crippen MR) is 84.1 cm³/mol. The first-order valence-electron chi connectivity index (χ1n) is 7.37. The number of aryl methyl sites for hydroxylation is 1. The van der Waals surface area contributed by atoms with E-state index in [1.54, 1.807) is 14.2 Å². The van der Waals surface area contributed by atoms with Crippen LogP contribution in [0.2, 0.25) is 0 Å². The van der Waals surface area contributed by atoms with Gasteiger partial charge >= 0.3 is 0 Å². The maximum atomic E-state index is 5.53. The summed E-state index contributed by atoms with van der Waals surface area (Å²) in [7, 11) is 5.36. The second-order valence-corrected chi connectivity index (χ2v) is 5.13. The van der Waals surface area contributed by atoms with Crippen molar-refractivity contribution in [2.45, 2.75) is 32.7 Å². The third-order valence-electron chi connectivity index (χ3n) is 3.64. The van der Waals surface area contributed by atoms with E-state index in [0.717, 1.165) is 42.0 Å². The van der Waals surface area contributed by atoms with Gasteiger partial charge in [0.1, 0.15) is 5.75 Å². The maximum Gasteiger partial charge on any atom is 0.128 e. The molecule has 21 heavy (non-hydrogen) atoms. The summed E-state index contributed by atoms with van der Waals surface area (Å²) in [5, 5.41) is 3.33. The molecule has 0 saturated heterocycles. The molecule has 1 unspecified atom stereocenters. The van der Waals surface area contributed by atoms with Crippen molar-refractivity contribution < 1.29 is 14.2 Å². The van der Waals surface area contributed by atoms with Crippen LogP contribution in [0.5, 0.6) is 5.75 Å². The number of nitrogens with one attached hydrogen (secondary N) is 1. The molecule has 0 radical (unpaired) electrons. The summed E-state index contributed by atoms with van der Waals surface area (Å²) in [6.07, 6.45) is 3.69. The molecule has 120 valence electrons. The fourth-order valence-corrected chi connectivity index (χ4v) is 2.33. The number of rotatable bonds is 10. The van der Waals surface area contributed by atoms with E-state index < -0.39 is 0 Å². The number of ether oxygens (including phenoxy) is 3. The molecule has 0 amide bonds. The Morgan fingerprint density at radius 1 is 1.19 bits per heavy atom. The van der Waals surface area contributed by atoms with Crippen LogP contribution >= 0.6 is 0 Å². The molecule has 1 rings (SSSR count). The lowest BCUT2D eigenvalue weighted by atomic mass is 10.0. The number of aromatic nitrogens is 1. The normalized spacial score (nSPS) is 12.4. The van der Waals surface area contributed by atoms with Crippen molar-refractivity contribution in [3.63, 3.8) is 0 Å². The van der Waals surface area contributed by atoms with Gasteiger partial charge in [-0.25, -0.2) is 0 Å². The Hall–Kier alpha value is -1.17. The smallest absolute Gasteiger partial charge is 0.128 e. The van der Waals surface area contributed by atoms with Crippen LogP contribution in [0.4, 0.5) is 0 Å². The highest BCUT2D eigenvalue weighted by Crippen LogP contribution is 2.24. The Kier molecular flexibility index (Phi) is 8.27. The van der Waals surface area contributed by atoms with E-state index in [4.69, 9.17) is 14.2 Å². The van der Waals surface area contributed by atoms with Crippen molar-refractivity contribution in [2.75, 3.05) is 41.1 Å². The average Bonchev–Trinajstić information content (AvgIpc) is 2.48. The summed E-state index contributed by atoms with van der Waals surface area (Å²) < 4.78 is 15.9. The number of nitrogens with zero attached hydrogens (tertiary/aromatic N) is 1. The van der Waals surface area contributed by atoms with Crippen LogP contribution in [0.1, 0.15) is 23.2 Å². The Morgan fingerprint density at radius 2 is 1.95 bits per heavy atom. The molecule has 1 aromatic heterocycles. The van der Waals surface area contributed by atoms with Crippen molar-refractivity contribution >= 4 is 0 Å². The topological polar surface area (TPSA) is 52.6 Å². The highest BCUT2D eigenvalue weighted by Gasteiger charge is 2.14. The fourth-order valence-electron chi connectivity index (χ4n) is 2.33. The van der Waals surface area contributed by atoms with Gasteiger partial charge in [0.25, 0.3) is 0 Å². The van der Waals surface area contributed by atoms with Gasteiger partial charge in [0.15, 0.2) is 0 Å². The van der Waals surface area contributed by atoms with Gasteiger partial charge in [-0.2, -0.15) is 0 Å². The number of methoxy groups -OCH3 is 2. The molecule has 1 N–H and O–H groups in total. The minimum absolute atomic E-state index is 0.339. The van der Waals surface area contributed by atoms with Gasteiger partial charge < -0.3 is 19.5 Å². The molecule has 0 aliphatic rings. The van der Waals surface area contributed by atoms with Crippen LogP contribution < -0.4 is 10.1 Å². The molecule has 0 aliphatic carbocycles. The molecule has 0 fully saturated rings. The average molecular weight is 296 g/mol. The zero-order chi connectivity index (χ0) is 15.7. The fraction of sp³-hybridized carbons (Fsp3) is 0.688. The Morgan fingerprint density at radius 3 is 2.57 bits per heavy atom. The van der Waals surface area contributed by atoms with E-state index in [-0.39, 0.29) is 0 Å². The third-order valence-corrected chi connectivity index (χ3v) is 3.64. The Balaban J connectivity index is 2.57. The second kappa shape index (κ2) is 9.71. The first kappa shape index (κ1) is 17.9. The van der Waals surface area contributed by atoms with Crippen molar-refractivity contribution in [1.29, 1.82) is 0 Å². The quantitative estimate of drug-likeness (QED) is 0.668. The summed E-state index contributed by atoms with van der Waals surface area (Å²) in [5.74, 6) is 0.936. The van der Waals surface area contributed by atoms with E-state index >= 15 is 0 Å². The molecule has 1 aromatic rings. The van der Waals surface area contributed by atoms with Gasteiger partial charge in [-0.3, -0.25) is 4.98 Å². The first-order valence-corrected chi connectivity index (χ1v) is 7.37. The Bertz CT molecular complexity index is 424. The molecule has 5 heteroatoms. The molecule has 1 atom stereocenters. The van der Waals surface area contributed by atoms with Gasteiger partial charge in [0, 0.05) is 49.2 Å². The largest absolute Gasteiger partial charge is 0.496 e. The standard InChI is InChI=1S/C16H28N2O3/c1-12-11-18-15(13(2)16(12)20-5)10-14(17-3)6-7-21-9-8-19-4/h11,14,17H,6-10H2,1-5H3. The minimum Gasteiger partial charge on any atom is -0.496 e. The van der Waals surface area contributed by atoms with E-state index in [0.29, 0.717) is 19.3 Å². The molecular weight excluding hydrogens is 268 g/mol. The molecule has 0 bridgehead atoms. The van der Waals surface area contributed by atoms with Crippen LogP contribution in [0, 0.1) is 13.8 Å². The van der Waals surface area contributed by atoms with Crippen molar-refractivity contribution in [2.24, 2.45) is 0 Å². The van der Waals surface area contributed by atoms with Gasteiger partial charge in [-0.05, 0) is 27.3 Å². The SMILES string of the molecule is CNC(CCOCCOC)Cc1ncc(C)c(OC)c1C. The highest BCUT2D eigenvalue weighted by atomic mass is 16.5. The summed E-state index contributed by atoms with van der Waals surface area (Å²) >= 11 is 0. The lowest BCUT2D eigenvalue weighted by molar-refractivity contribution is 0.0661. The number of likely N-dealkylation sites (N-methyl/N-ethyl adjacent to an activating group) is 1. The Labute approximate surface area is 128 Å². The molecule has 0 saturated carbocycles. The van der Waals surface area contributed by atoms with Gasteiger partial charge in [-0.15, -0.1) is 0 Å². The van der Waals surface area contributed by atoms with Gasteiger partial charge in [-0.1, -0.05) is 0 Å². The molecule has 0 aliphatic heterocycles. The lowest BCUT2D eigenvalue weighted by Gasteiger charge is -2.18. The third kappa shape index (κ3) is 5.61. The van der Waals surface area contributed by atoms with E-state index in [9.17, 15) is 0 Å². The zero-order valence-electron chi connectivity index (χ0n) is 13.9. The molecule has 0 aromatic carbocycles. The molecule has 1 heterocycles. The van der Waals surface area contributed by atoms with Crippen LogP contribution in [0.3, 0.4) is 0 Å². The van der Waals surface area contributed by atoms with E-state index in [2.05, 4.69) is 17.2 Å². The summed E-state index contributed by atoms with van der Waals surface area (Å²) in [6, 6.07) is 0.339. The van der Waals surface area contributed by atoms with Crippen LogP contribution in [-0.4, -0.2) is 52.1 Å². The van der Waals surface area contributed by atoms with E-state index in [1.165, 1.54) is 0 Å². The summed E-state index contributed by atoms with van der Waals surface area (Å²) in [5.41, 5.74) is 3.27. The van der Waals surface area contributed by atoms with Gasteiger partial charge in [0.2, 0.25) is 0 Å². The molecular formula is C16H28N2O3. The molecule has 5 nitrogen and oxygen atoms in total. The summed E-state index contributed by atoms with van der Waals surface area (Å²) in [6.45, 7) is 6.08. The van der Waals surface area contributed by atoms with Crippen molar-refractivity contribution in [3.05, 3.63) is 23.0 Å². The first-order chi connectivity index (χ1) is 10.1. The van der Waals surface area contributed by atoms with Crippen molar-refractivity contribution in [3.8, 4) is 5.75 Å². The number of hydrogen-bond acceptors (Lipinski definition) is 5. The molecule has 0 spiro atoms. The van der Waals surface area contributed by atoms with Crippen LogP contribution in [-0.2, 0) is 15.9 Å². The zero-order valence-corrected chi connectivity index (χ0v) is 13.9. The monoisotopic (exact) mass is 296 g/mol. The summed E-state index contributed by atoms with van der Waals surface area (Å²) in [4.78, 5) is 4.55. The van der Waals surface area contributed by atoms with Gasteiger partial charge in [0.05, 0.1) is 20.3 Å². The van der Waals surface area contributed by atoms with E-state index in [1.807, 2.05) is 20.2 Å². The highest BCUT2D eigenvalue weighted by molar-refractivity contribution is 5.41.